The van der Waals surface area contributed by atoms with E-state index < -0.39 is 0 Å². The van der Waals surface area contributed by atoms with E-state index in [1.54, 1.807) is 24.8 Å². The Labute approximate surface area is 125 Å². The number of hydrogen-bond acceptors (Lipinski definition) is 5. The molecule has 2 rings (SSSR count). The largest absolute Gasteiger partial charge is 0.481 e. The summed E-state index contributed by atoms with van der Waals surface area (Å²) in [6, 6.07) is 4.20. The highest BCUT2D eigenvalue weighted by atomic mass is 79.9. The van der Waals surface area contributed by atoms with Crippen molar-refractivity contribution in [1.82, 2.24) is 15.3 Å². The first-order valence-electron chi connectivity index (χ1n) is 6.05. The molecule has 1 unspecified atom stereocenters. The van der Waals surface area contributed by atoms with Gasteiger partial charge in [0.05, 0.1) is 7.11 Å². The second-order valence-corrected chi connectivity index (χ2v) is 5.80. The molecular weight excluding hydrogens is 326 g/mol. The number of nitrogens with one attached hydrogen (secondary N) is 1. The Hall–Kier alpha value is -0.980. The molecule has 0 fully saturated rings. The quantitative estimate of drug-likeness (QED) is 0.876. The van der Waals surface area contributed by atoms with Crippen LogP contribution in [0.4, 0.5) is 0 Å². The lowest BCUT2D eigenvalue weighted by Crippen LogP contribution is -2.22. The minimum Gasteiger partial charge on any atom is -0.481 e. The topological polar surface area (TPSA) is 47.0 Å². The Balaban J connectivity index is 2.18. The second-order valence-electron chi connectivity index (χ2n) is 4.00. The number of rotatable bonds is 6. The van der Waals surface area contributed by atoms with Crippen LogP contribution in [0.3, 0.4) is 0 Å². The van der Waals surface area contributed by atoms with Crippen LogP contribution < -0.4 is 10.1 Å². The molecule has 4 nitrogen and oxygen atoms in total. The first-order chi connectivity index (χ1) is 9.24. The van der Waals surface area contributed by atoms with Crippen molar-refractivity contribution in [2.75, 3.05) is 13.7 Å². The average Bonchev–Trinajstić information content (AvgIpc) is 2.85. The average molecular weight is 342 g/mol. The van der Waals surface area contributed by atoms with Gasteiger partial charge >= 0.3 is 0 Å². The molecule has 0 aliphatic heterocycles. The predicted molar refractivity (Wildman–Crippen MR) is 80.7 cm³/mol. The Morgan fingerprint density at radius 3 is 2.95 bits per heavy atom. The third-order valence-electron chi connectivity index (χ3n) is 2.73. The van der Waals surface area contributed by atoms with Crippen molar-refractivity contribution in [3.63, 3.8) is 0 Å². The number of thiophene rings is 1. The van der Waals surface area contributed by atoms with E-state index in [4.69, 9.17) is 4.74 Å². The number of ether oxygens (including phenoxy) is 1. The molecule has 0 bridgehead atoms. The summed E-state index contributed by atoms with van der Waals surface area (Å²) >= 11 is 5.33. The number of aromatic nitrogens is 2. The van der Waals surface area contributed by atoms with Crippen molar-refractivity contribution in [2.45, 2.75) is 19.4 Å². The van der Waals surface area contributed by atoms with E-state index in [2.05, 4.69) is 49.6 Å². The highest BCUT2D eigenvalue weighted by Crippen LogP contribution is 2.31. The molecule has 1 N–H and O–H groups in total. The Morgan fingerprint density at radius 2 is 2.32 bits per heavy atom. The highest BCUT2D eigenvalue weighted by Gasteiger charge is 2.16. The summed E-state index contributed by atoms with van der Waals surface area (Å²) in [5, 5.41) is 5.58. The Morgan fingerprint density at radius 1 is 1.47 bits per heavy atom. The van der Waals surface area contributed by atoms with Gasteiger partial charge in [-0.25, -0.2) is 9.97 Å². The molecule has 0 saturated heterocycles. The monoisotopic (exact) mass is 341 g/mol. The summed E-state index contributed by atoms with van der Waals surface area (Å²) in [6.45, 7) is 3.02. The summed E-state index contributed by atoms with van der Waals surface area (Å²) in [7, 11) is 1.61. The zero-order valence-corrected chi connectivity index (χ0v) is 13.3. The van der Waals surface area contributed by atoms with Gasteiger partial charge in [0, 0.05) is 33.6 Å². The van der Waals surface area contributed by atoms with Crippen molar-refractivity contribution >= 4 is 27.3 Å². The lowest BCUT2D eigenvalue weighted by Gasteiger charge is -2.17. The van der Waals surface area contributed by atoms with Crippen LogP contribution >= 0.6 is 27.3 Å². The number of likely N-dealkylation sites (N-methyl/N-ethyl adjacent to an activating group) is 1. The molecule has 1 atom stereocenters. The van der Waals surface area contributed by atoms with Crippen LogP contribution in [0.25, 0.3) is 0 Å². The maximum Gasteiger partial charge on any atom is 0.216 e. The summed E-state index contributed by atoms with van der Waals surface area (Å²) in [5.41, 5.74) is 0.970. The fourth-order valence-corrected chi connectivity index (χ4v) is 3.59. The predicted octanol–water partition coefficient (Wildman–Crippen LogP) is 3.20. The minimum atomic E-state index is 0.249. The smallest absolute Gasteiger partial charge is 0.216 e. The number of nitrogens with zero attached hydrogens (tertiary/aromatic N) is 2. The van der Waals surface area contributed by atoms with Gasteiger partial charge in [0.2, 0.25) is 5.88 Å². The highest BCUT2D eigenvalue weighted by molar-refractivity contribution is 9.10. The molecule has 2 heterocycles. The molecular formula is C13H16BrN3OS. The Kier molecular flexibility index (Phi) is 5.30. The van der Waals surface area contributed by atoms with Crippen molar-refractivity contribution < 1.29 is 4.74 Å². The van der Waals surface area contributed by atoms with Crippen LogP contribution in [-0.2, 0) is 6.42 Å². The second kappa shape index (κ2) is 6.98. The zero-order chi connectivity index (χ0) is 13.7. The van der Waals surface area contributed by atoms with Gasteiger partial charge in [-0.05, 0) is 33.9 Å². The summed E-state index contributed by atoms with van der Waals surface area (Å²) in [4.78, 5) is 9.63. The third kappa shape index (κ3) is 3.75. The molecule has 2 aromatic rings. The first kappa shape index (κ1) is 14.4. The van der Waals surface area contributed by atoms with E-state index in [1.165, 1.54) is 4.88 Å². The van der Waals surface area contributed by atoms with Gasteiger partial charge in [0.1, 0.15) is 6.33 Å². The van der Waals surface area contributed by atoms with Gasteiger partial charge in [-0.1, -0.05) is 6.92 Å². The van der Waals surface area contributed by atoms with Crippen molar-refractivity contribution in [3.05, 3.63) is 38.9 Å². The number of hydrogen-bond donors (Lipinski definition) is 1. The molecule has 0 amide bonds. The normalized spacial score (nSPS) is 12.4. The van der Waals surface area contributed by atoms with Crippen molar-refractivity contribution in [1.29, 1.82) is 0 Å². The van der Waals surface area contributed by atoms with E-state index in [1.807, 2.05) is 6.07 Å². The number of methoxy groups -OCH3 is 1. The fraction of sp³-hybridized carbons (Fsp3) is 0.385. The van der Waals surface area contributed by atoms with Crippen LogP contribution in [-0.4, -0.2) is 23.6 Å². The van der Waals surface area contributed by atoms with E-state index >= 15 is 0 Å². The molecule has 102 valence electrons. The van der Waals surface area contributed by atoms with Gasteiger partial charge in [-0.3, -0.25) is 0 Å². The SMILES string of the molecule is CCNC(Cc1cc(OC)ncn1)c1sccc1Br. The molecule has 0 aliphatic rings. The zero-order valence-electron chi connectivity index (χ0n) is 10.9. The van der Waals surface area contributed by atoms with Gasteiger partial charge < -0.3 is 10.1 Å². The molecule has 0 radical (unpaired) electrons. The third-order valence-corrected chi connectivity index (χ3v) is 4.72. The van der Waals surface area contributed by atoms with E-state index in [0.29, 0.717) is 5.88 Å². The molecule has 6 heteroatoms. The lowest BCUT2D eigenvalue weighted by molar-refractivity contribution is 0.395. The van der Waals surface area contributed by atoms with Crippen LogP contribution in [0.2, 0.25) is 0 Å². The van der Waals surface area contributed by atoms with E-state index in [9.17, 15) is 0 Å². The molecule has 0 aliphatic carbocycles. The molecule has 19 heavy (non-hydrogen) atoms. The van der Waals surface area contributed by atoms with Crippen LogP contribution in [0.15, 0.2) is 28.3 Å². The Bertz CT molecular complexity index is 532. The van der Waals surface area contributed by atoms with Gasteiger partial charge in [-0.2, -0.15) is 0 Å². The first-order valence-corrected chi connectivity index (χ1v) is 7.73. The van der Waals surface area contributed by atoms with Gasteiger partial charge in [0.15, 0.2) is 0 Å². The van der Waals surface area contributed by atoms with Crippen molar-refractivity contribution in [3.8, 4) is 5.88 Å². The summed E-state index contributed by atoms with van der Waals surface area (Å²) < 4.78 is 6.28. The summed E-state index contributed by atoms with van der Waals surface area (Å²) in [6.07, 6.45) is 2.35. The summed E-state index contributed by atoms with van der Waals surface area (Å²) in [5.74, 6) is 0.602. The molecule has 0 aromatic carbocycles. The maximum atomic E-state index is 5.13. The molecule has 2 aromatic heterocycles. The van der Waals surface area contributed by atoms with Crippen LogP contribution in [0.5, 0.6) is 5.88 Å². The van der Waals surface area contributed by atoms with E-state index in [0.717, 1.165) is 23.1 Å². The number of halogens is 1. The van der Waals surface area contributed by atoms with E-state index in [-0.39, 0.29) is 6.04 Å². The standard InChI is InChI=1S/C13H16BrN3OS/c1-3-15-11(13-10(14)4-5-19-13)6-9-7-12(18-2)17-8-16-9/h4-5,7-8,11,15H,3,6H2,1-2H3. The lowest BCUT2D eigenvalue weighted by atomic mass is 10.1. The van der Waals surface area contributed by atoms with Gasteiger partial charge in [-0.15, -0.1) is 11.3 Å². The minimum absolute atomic E-state index is 0.249. The fourth-order valence-electron chi connectivity index (χ4n) is 1.87. The van der Waals surface area contributed by atoms with Crippen LogP contribution in [0.1, 0.15) is 23.5 Å². The maximum absolute atomic E-state index is 5.13. The molecule has 0 saturated carbocycles. The van der Waals surface area contributed by atoms with Crippen LogP contribution in [0, 0.1) is 0 Å². The van der Waals surface area contributed by atoms with Gasteiger partial charge in [0.25, 0.3) is 0 Å². The van der Waals surface area contributed by atoms with Crippen molar-refractivity contribution in [2.24, 2.45) is 0 Å². The molecule has 0 spiro atoms.